The highest BCUT2D eigenvalue weighted by atomic mass is 127. The van der Waals surface area contributed by atoms with Crippen molar-refractivity contribution in [1.82, 2.24) is 4.98 Å². The standard InChI is InChI=1S/C21H14ClIN4O3S/c1-11-9-13(23)5-6-15(11)27-19(29)16(22)17(20(27)30)25-14-4-2-3-12(10-14)18(28)26-21-24-7-8-31-21/h2-10,25H,1H3,(H,24,26,28). The van der Waals surface area contributed by atoms with E-state index < -0.39 is 11.8 Å². The maximum Gasteiger partial charge on any atom is 0.283 e. The maximum absolute atomic E-state index is 13.0. The van der Waals surface area contributed by atoms with Crippen LogP contribution in [0.3, 0.4) is 0 Å². The van der Waals surface area contributed by atoms with Crippen molar-refractivity contribution in [1.29, 1.82) is 0 Å². The monoisotopic (exact) mass is 564 g/mol. The molecule has 0 radical (unpaired) electrons. The largest absolute Gasteiger partial charge is 0.350 e. The number of hydrogen-bond donors (Lipinski definition) is 2. The normalized spacial score (nSPS) is 13.7. The van der Waals surface area contributed by atoms with E-state index in [2.05, 4.69) is 38.2 Å². The highest BCUT2D eigenvalue weighted by Gasteiger charge is 2.39. The van der Waals surface area contributed by atoms with Gasteiger partial charge in [-0.1, -0.05) is 17.7 Å². The number of aryl methyl sites for hydroxylation is 1. The van der Waals surface area contributed by atoms with E-state index in [0.717, 1.165) is 14.0 Å². The first-order chi connectivity index (χ1) is 14.8. The van der Waals surface area contributed by atoms with Crippen molar-refractivity contribution in [3.8, 4) is 0 Å². The molecule has 2 aromatic carbocycles. The minimum absolute atomic E-state index is 0.0397. The third-order valence-corrected chi connectivity index (χ3v) is 6.18. The number of aromatic nitrogens is 1. The molecule has 0 fully saturated rings. The van der Waals surface area contributed by atoms with Gasteiger partial charge in [-0.3, -0.25) is 19.7 Å². The number of carbonyl (C=O) groups excluding carboxylic acids is 3. The zero-order chi connectivity index (χ0) is 22.1. The number of anilines is 3. The molecule has 10 heteroatoms. The number of nitrogens with zero attached hydrogens (tertiary/aromatic N) is 2. The molecule has 7 nitrogen and oxygen atoms in total. The molecule has 156 valence electrons. The molecule has 3 aromatic rings. The van der Waals surface area contributed by atoms with E-state index in [4.69, 9.17) is 11.6 Å². The first-order valence-corrected chi connectivity index (χ1v) is 11.3. The van der Waals surface area contributed by atoms with Crippen LogP contribution in [-0.2, 0) is 9.59 Å². The predicted molar refractivity (Wildman–Crippen MR) is 129 cm³/mol. The Bertz CT molecular complexity index is 1240. The van der Waals surface area contributed by atoms with Gasteiger partial charge in [-0.15, -0.1) is 11.3 Å². The first-order valence-electron chi connectivity index (χ1n) is 8.98. The summed E-state index contributed by atoms with van der Waals surface area (Å²) in [5.41, 5.74) is 2.02. The van der Waals surface area contributed by atoms with Crippen LogP contribution in [0.2, 0.25) is 0 Å². The molecule has 0 saturated carbocycles. The lowest BCUT2D eigenvalue weighted by Gasteiger charge is -2.17. The van der Waals surface area contributed by atoms with E-state index in [1.54, 1.807) is 41.9 Å². The molecular weight excluding hydrogens is 551 g/mol. The molecule has 1 aliphatic rings. The van der Waals surface area contributed by atoms with Crippen LogP contribution < -0.4 is 15.5 Å². The summed E-state index contributed by atoms with van der Waals surface area (Å²) in [5.74, 6) is -1.50. The number of rotatable bonds is 5. The average Bonchev–Trinajstić information content (AvgIpc) is 3.32. The number of benzene rings is 2. The van der Waals surface area contributed by atoms with Crippen LogP contribution in [0.1, 0.15) is 15.9 Å². The van der Waals surface area contributed by atoms with Crippen molar-refractivity contribution in [3.05, 3.63) is 79.5 Å². The molecule has 1 aromatic heterocycles. The second kappa shape index (κ2) is 8.77. The third-order valence-electron chi connectivity index (χ3n) is 4.47. The first kappa shape index (κ1) is 21.5. The Hall–Kier alpha value is -2.76. The van der Waals surface area contributed by atoms with Crippen LogP contribution in [0.25, 0.3) is 0 Å². The van der Waals surface area contributed by atoms with Gasteiger partial charge >= 0.3 is 0 Å². The van der Waals surface area contributed by atoms with Gasteiger partial charge in [0.15, 0.2) is 5.13 Å². The summed E-state index contributed by atoms with van der Waals surface area (Å²) in [6.45, 7) is 1.82. The molecule has 3 amide bonds. The van der Waals surface area contributed by atoms with Crippen molar-refractivity contribution in [2.75, 3.05) is 15.5 Å². The Kier molecular flexibility index (Phi) is 6.08. The van der Waals surface area contributed by atoms with Crippen LogP contribution in [0.4, 0.5) is 16.5 Å². The molecule has 4 rings (SSSR count). The highest BCUT2D eigenvalue weighted by molar-refractivity contribution is 14.1. The average molecular weight is 565 g/mol. The molecule has 0 bridgehead atoms. The summed E-state index contributed by atoms with van der Waals surface area (Å²) < 4.78 is 0.989. The lowest BCUT2D eigenvalue weighted by atomic mass is 10.2. The quantitative estimate of drug-likeness (QED) is 0.345. The van der Waals surface area contributed by atoms with E-state index in [9.17, 15) is 14.4 Å². The number of amides is 3. The van der Waals surface area contributed by atoms with Crippen molar-refractivity contribution < 1.29 is 14.4 Å². The zero-order valence-electron chi connectivity index (χ0n) is 16.0. The van der Waals surface area contributed by atoms with Crippen LogP contribution in [0.5, 0.6) is 0 Å². The summed E-state index contributed by atoms with van der Waals surface area (Å²) in [4.78, 5) is 43.2. The molecular formula is C21H14ClIN4O3S. The van der Waals surface area contributed by atoms with Gasteiger partial charge in [-0.25, -0.2) is 9.88 Å². The molecule has 31 heavy (non-hydrogen) atoms. The number of thiazole rings is 1. The van der Waals surface area contributed by atoms with Crippen LogP contribution in [-0.4, -0.2) is 22.7 Å². The van der Waals surface area contributed by atoms with Crippen LogP contribution in [0, 0.1) is 10.5 Å². The number of imide groups is 1. The van der Waals surface area contributed by atoms with Gasteiger partial charge < -0.3 is 5.32 Å². The van der Waals surface area contributed by atoms with Crippen LogP contribution >= 0.6 is 45.5 Å². The smallest absolute Gasteiger partial charge is 0.283 e. The molecule has 0 spiro atoms. The highest BCUT2D eigenvalue weighted by Crippen LogP contribution is 2.32. The Morgan fingerprint density at radius 3 is 2.68 bits per heavy atom. The van der Waals surface area contributed by atoms with Gasteiger partial charge in [0.2, 0.25) is 0 Å². The van der Waals surface area contributed by atoms with Gasteiger partial charge in [0.05, 0.1) is 5.69 Å². The minimum Gasteiger partial charge on any atom is -0.350 e. The van der Waals surface area contributed by atoms with Gasteiger partial charge in [-0.05, 0) is 71.5 Å². The molecule has 1 aliphatic heterocycles. The lowest BCUT2D eigenvalue weighted by Crippen LogP contribution is -2.32. The topological polar surface area (TPSA) is 91.4 Å². The SMILES string of the molecule is Cc1cc(I)ccc1N1C(=O)C(Cl)=C(Nc2cccc(C(=O)Nc3nccs3)c2)C1=O. The number of carbonyl (C=O) groups is 3. The van der Waals surface area contributed by atoms with E-state index in [1.807, 2.05) is 19.1 Å². The van der Waals surface area contributed by atoms with Crippen molar-refractivity contribution in [2.24, 2.45) is 0 Å². The molecule has 0 aliphatic carbocycles. The predicted octanol–water partition coefficient (Wildman–Crippen LogP) is 4.74. The second-order valence-electron chi connectivity index (χ2n) is 6.56. The fourth-order valence-electron chi connectivity index (χ4n) is 3.04. The maximum atomic E-state index is 13.0. The summed E-state index contributed by atoms with van der Waals surface area (Å²) in [6.07, 6.45) is 1.59. The Morgan fingerprint density at radius 2 is 1.97 bits per heavy atom. The van der Waals surface area contributed by atoms with Gasteiger partial charge in [0.25, 0.3) is 17.7 Å². The van der Waals surface area contributed by atoms with Crippen molar-refractivity contribution in [3.63, 3.8) is 0 Å². The molecule has 0 atom stereocenters. The van der Waals surface area contributed by atoms with Crippen molar-refractivity contribution in [2.45, 2.75) is 6.92 Å². The van der Waals surface area contributed by atoms with E-state index in [1.165, 1.54) is 11.3 Å². The second-order valence-corrected chi connectivity index (χ2v) is 9.08. The Labute approximate surface area is 200 Å². The summed E-state index contributed by atoms with van der Waals surface area (Å²) in [7, 11) is 0. The van der Waals surface area contributed by atoms with Crippen molar-refractivity contribution >= 4 is 79.8 Å². The number of halogens is 2. The summed E-state index contributed by atoms with van der Waals surface area (Å²) >= 11 is 9.68. The van der Waals surface area contributed by atoms with E-state index >= 15 is 0 Å². The molecule has 0 saturated heterocycles. The third kappa shape index (κ3) is 4.34. The fraction of sp³-hybridized carbons (Fsp3) is 0.0476. The van der Waals surface area contributed by atoms with Gasteiger partial charge in [0.1, 0.15) is 10.7 Å². The van der Waals surface area contributed by atoms with Gasteiger partial charge in [0, 0.05) is 26.4 Å². The fourth-order valence-corrected chi connectivity index (χ4v) is 4.42. The van der Waals surface area contributed by atoms with E-state index in [-0.39, 0.29) is 16.6 Å². The van der Waals surface area contributed by atoms with E-state index in [0.29, 0.717) is 22.1 Å². The number of nitrogens with one attached hydrogen (secondary N) is 2. The molecule has 2 heterocycles. The summed E-state index contributed by atoms with van der Waals surface area (Å²) in [6, 6.07) is 11.9. The lowest BCUT2D eigenvalue weighted by molar-refractivity contribution is -0.120. The van der Waals surface area contributed by atoms with Gasteiger partial charge in [-0.2, -0.15) is 0 Å². The number of hydrogen-bond acceptors (Lipinski definition) is 6. The molecule has 0 unspecified atom stereocenters. The Morgan fingerprint density at radius 1 is 1.16 bits per heavy atom. The summed E-state index contributed by atoms with van der Waals surface area (Å²) in [5, 5.41) is 7.62. The zero-order valence-corrected chi connectivity index (χ0v) is 19.7. The molecule has 2 N–H and O–H groups in total. The van der Waals surface area contributed by atoms with Crippen LogP contribution in [0.15, 0.2) is 64.8 Å². The Balaban J connectivity index is 1.57. The minimum atomic E-state index is -0.601.